The highest BCUT2D eigenvalue weighted by molar-refractivity contribution is 7.77. The first-order chi connectivity index (χ1) is 15.6. The van der Waals surface area contributed by atoms with Crippen LogP contribution in [0.15, 0.2) is 59.7 Å². The van der Waals surface area contributed by atoms with Crippen molar-refractivity contribution in [2.75, 3.05) is 19.6 Å². The summed E-state index contributed by atoms with van der Waals surface area (Å²) in [6.45, 7) is 16.0. The van der Waals surface area contributed by atoms with E-state index in [1.54, 1.807) is 12.2 Å². The van der Waals surface area contributed by atoms with Gasteiger partial charge in [0.05, 0.1) is 11.4 Å². The van der Waals surface area contributed by atoms with Crippen LogP contribution in [-0.4, -0.2) is 46.8 Å². The molecule has 1 N–H and O–H groups in total. The van der Waals surface area contributed by atoms with E-state index in [9.17, 15) is 0 Å². The standard InChI is InChI=1S/C15H22BN2.C11H14N2S/c1-5-9-13-14(10-6-2)17-15(16-13)18(11-7-3)12-8-4;14-13-6-5-11-9(7-13)8-3-1-2-4-10(8)12-11/h5-6,9-10H,1-2,7-8,11-12H2,3-4H3;1,3,12,14H,2,4-7H2/b13-9+,14-10+;. The van der Waals surface area contributed by atoms with Gasteiger partial charge in [0, 0.05) is 44.0 Å². The number of hydrogen-bond donors (Lipinski definition) is 2. The van der Waals surface area contributed by atoms with Crippen molar-refractivity contribution in [3.05, 3.63) is 77.2 Å². The van der Waals surface area contributed by atoms with E-state index in [1.807, 2.05) is 12.2 Å². The van der Waals surface area contributed by atoms with Crippen molar-refractivity contribution in [1.29, 1.82) is 0 Å². The summed E-state index contributed by atoms with van der Waals surface area (Å²) in [6.07, 6.45) is 17.8. The number of fused-ring (bicyclic) bond motifs is 3. The average Bonchev–Trinajstić information content (AvgIpc) is 3.36. The van der Waals surface area contributed by atoms with Crippen molar-refractivity contribution in [3.8, 4) is 0 Å². The Kier molecular flexibility index (Phi) is 9.30. The van der Waals surface area contributed by atoms with E-state index < -0.39 is 0 Å². The fourth-order valence-corrected chi connectivity index (χ4v) is 4.62. The molecule has 0 saturated carbocycles. The van der Waals surface area contributed by atoms with Gasteiger partial charge in [-0.25, -0.2) is 9.30 Å². The highest BCUT2D eigenvalue weighted by Crippen LogP contribution is 2.30. The van der Waals surface area contributed by atoms with Gasteiger partial charge in [0.25, 0.3) is 0 Å². The predicted molar refractivity (Wildman–Crippen MR) is 143 cm³/mol. The normalized spacial score (nSPS) is 19.5. The van der Waals surface area contributed by atoms with Gasteiger partial charge in [0.1, 0.15) is 0 Å². The number of aryl methyl sites for hydroxylation is 1. The highest BCUT2D eigenvalue weighted by atomic mass is 32.1. The number of hydrogen-bond acceptors (Lipinski definition) is 4. The third-order valence-electron chi connectivity index (χ3n) is 5.82. The second kappa shape index (κ2) is 12.2. The first-order valence-corrected chi connectivity index (χ1v) is 12.2. The van der Waals surface area contributed by atoms with Crippen LogP contribution in [0.1, 0.15) is 55.6 Å². The summed E-state index contributed by atoms with van der Waals surface area (Å²) in [5, 5.41) is 0. The van der Waals surface area contributed by atoms with Crippen molar-refractivity contribution in [3.63, 3.8) is 0 Å². The molecule has 4 nitrogen and oxygen atoms in total. The molecule has 0 aromatic carbocycles. The zero-order valence-electron chi connectivity index (χ0n) is 19.6. The minimum Gasteiger partial charge on any atom is -0.368 e. The van der Waals surface area contributed by atoms with Gasteiger partial charge in [-0.1, -0.05) is 75.7 Å². The molecule has 1 radical (unpaired) electrons. The van der Waals surface area contributed by atoms with Gasteiger partial charge in [-0.2, -0.15) is 0 Å². The van der Waals surface area contributed by atoms with Crippen LogP contribution in [-0.2, 0) is 19.4 Å². The van der Waals surface area contributed by atoms with Crippen LogP contribution in [0.4, 0.5) is 0 Å². The number of H-pyrrole nitrogens is 1. The lowest BCUT2D eigenvalue weighted by Crippen LogP contribution is -2.34. The zero-order chi connectivity index (χ0) is 22.9. The van der Waals surface area contributed by atoms with Crippen LogP contribution >= 0.6 is 12.8 Å². The molecular weight excluding hydrogens is 411 g/mol. The van der Waals surface area contributed by atoms with Crippen molar-refractivity contribution < 1.29 is 0 Å². The maximum absolute atomic E-state index is 4.68. The van der Waals surface area contributed by atoms with Crippen molar-refractivity contribution in [1.82, 2.24) is 14.2 Å². The molecule has 169 valence electrons. The second-order valence-corrected chi connectivity index (χ2v) is 8.87. The van der Waals surface area contributed by atoms with E-state index in [2.05, 4.69) is 78.4 Å². The van der Waals surface area contributed by atoms with Gasteiger partial charge in [0.15, 0.2) is 0 Å². The molecule has 1 aliphatic carbocycles. The van der Waals surface area contributed by atoms with Gasteiger partial charge in [0.2, 0.25) is 7.28 Å². The molecule has 1 aromatic rings. The largest absolute Gasteiger partial charge is 0.368 e. The minimum atomic E-state index is 0.970. The molecule has 0 amide bonds. The second-order valence-electron chi connectivity index (χ2n) is 8.30. The maximum atomic E-state index is 4.68. The van der Waals surface area contributed by atoms with Gasteiger partial charge >= 0.3 is 0 Å². The minimum absolute atomic E-state index is 0.970. The Bertz CT molecular complexity index is 932. The monoisotopic (exact) mass is 447 g/mol. The van der Waals surface area contributed by atoms with Gasteiger partial charge < -0.3 is 9.88 Å². The summed E-state index contributed by atoms with van der Waals surface area (Å²) in [4.78, 5) is 10.6. The fraction of sp³-hybridized carbons (Fsp3) is 0.423. The number of aliphatic imine (C=N–C) groups is 1. The molecule has 0 saturated heterocycles. The van der Waals surface area contributed by atoms with Crippen LogP contribution in [0.2, 0.25) is 0 Å². The number of allylic oxidation sites excluding steroid dienone is 6. The number of thiol groups is 1. The number of amidine groups is 1. The van der Waals surface area contributed by atoms with Gasteiger partial charge in [-0.15, -0.1) is 0 Å². The summed E-state index contributed by atoms with van der Waals surface area (Å²) in [7, 11) is 2.13. The number of aromatic amines is 1. The molecule has 6 heteroatoms. The van der Waals surface area contributed by atoms with E-state index in [0.717, 1.165) is 62.3 Å². The average molecular weight is 447 g/mol. The summed E-state index contributed by atoms with van der Waals surface area (Å²) < 4.78 is 2.10. The summed E-state index contributed by atoms with van der Waals surface area (Å²) >= 11 is 4.42. The molecule has 3 heterocycles. The predicted octanol–water partition coefficient (Wildman–Crippen LogP) is 5.50. The molecule has 0 bridgehead atoms. The third-order valence-corrected chi connectivity index (χ3v) is 6.16. The lowest BCUT2D eigenvalue weighted by atomic mass is 9.68. The topological polar surface area (TPSA) is 34.6 Å². The number of nitrogens with zero attached hydrogens (tertiary/aromatic N) is 3. The van der Waals surface area contributed by atoms with Crippen LogP contribution in [0.3, 0.4) is 0 Å². The quantitative estimate of drug-likeness (QED) is 0.446. The molecule has 3 aliphatic rings. The zero-order valence-corrected chi connectivity index (χ0v) is 20.5. The fourth-order valence-electron chi connectivity index (χ4n) is 4.37. The Balaban J connectivity index is 0.000000185. The van der Waals surface area contributed by atoms with Gasteiger partial charge in [-0.05, 0) is 42.9 Å². The van der Waals surface area contributed by atoms with Crippen molar-refractivity contribution in [2.45, 2.75) is 52.5 Å². The number of rotatable bonds is 6. The summed E-state index contributed by atoms with van der Waals surface area (Å²) in [5.41, 5.74) is 8.91. The SMILES string of the molecule is C=C/C=C1/[B]C(N(CCC)CCC)=N/C1=C/C=C.SN1CCc2[nH]c3c(c2C1)C=CCC3. The van der Waals surface area contributed by atoms with E-state index in [0.29, 0.717) is 0 Å². The molecule has 0 atom stereocenters. The molecule has 2 aliphatic heterocycles. The van der Waals surface area contributed by atoms with E-state index in [-0.39, 0.29) is 0 Å². The summed E-state index contributed by atoms with van der Waals surface area (Å²) in [5.74, 6) is 0. The van der Waals surface area contributed by atoms with Crippen LogP contribution in [0.5, 0.6) is 0 Å². The first kappa shape index (κ1) is 24.5. The smallest absolute Gasteiger partial charge is 0.243 e. The molecule has 0 spiro atoms. The van der Waals surface area contributed by atoms with Crippen LogP contribution in [0, 0.1) is 0 Å². The summed E-state index contributed by atoms with van der Waals surface area (Å²) in [6, 6.07) is 0. The molecule has 0 unspecified atom stereocenters. The molecular formula is C26H36BN4S. The number of aromatic nitrogens is 1. The van der Waals surface area contributed by atoms with Crippen molar-refractivity contribution >= 4 is 31.9 Å². The molecule has 0 fully saturated rings. The van der Waals surface area contributed by atoms with E-state index >= 15 is 0 Å². The highest BCUT2D eigenvalue weighted by Gasteiger charge is 2.23. The Hall–Kier alpha value is -2.18. The Labute approximate surface area is 200 Å². The number of nitrogens with one attached hydrogen (secondary N) is 1. The van der Waals surface area contributed by atoms with Crippen molar-refractivity contribution in [2.24, 2.45) is 4.99 Å². The lowest BCUT2D eigenvalue weighted by Gasteiger charge is -2.23. The Morgan fingerprint density at radius 3 is 2.59 bits per heavy atom. The Morgan fingerprint density at radius 2 is 1.91 bits per heavy atom. The molecule has 32 heavy (non-hydrogen) atoms. The Morgan fingerprint density at radius 1 is 1.16 bits per heavy atom. The van der Waals surface area contributed by atoms with E-state index in [1.165, 1.54) is 35.4 Å². The maximum Gasteiger partial charge on any atom is 0.243 e. The lowest BCUT2D eigenvalue weighted by molar-refractivity contribution is 0.423. The van der Waals surface area contributed by atoms with Crippen LogP contribution in [0.25, 0.3) is 6.08 Å². The third kappa shape index (κ3) is 5.99. The molecule has 1 aromatic heterocycles. The van der Waals surface area contributed by atoms with Crippen LogP contribution < -0.4 is 0 Å². The van der Waals surface area contributed by atoms with Gasteiger partial charge in [-0.3, -0.25) is 0 Å². The van der Waals surface area contributed by atoms with E-state index in [4.69, 9.17) is 0 Å². The first-order valence-electron chi connectivity index (χ1n) is 11.8. The molecule has 4 rings (SSSR count).